The lowest BCUT2D eigenvalue weighted by molar-refractivity contribution is -0.124. The number of hydrogen-bond donors (Lipinski definition) is 3. The lowest BCUT2D eigenvalue weighted by Crippen LogP contribution is -2.49. The van der Waals surface area contributed by atoms with Crippen molar-refractivity contribution in [1.82, 2.24) is 10.6 Å². The van der Waals surface area contributed by atoms with E-state index in [1.54, 1.807) is 18.2 Å². The molecule has 100 valence electrons. The Balaban J connectivity index is 2.46. The highest BCUT2D eigenvalue weighted by Crippen LogP contribution is 2.10. The molecule has 4 nitrogen and oxygen atoms in total. The van der Waals surface area contributed by atoms with E-state index in [4.69, 9.17) is 0 Å². The summed E-state index contributed by atoms with van der Waals surface area (Å²) in [6.45, 7) is 8.23. The van der Waals surface area contributed by atoms with Gasteiger partial charge in [-0.05, 0) is 45.4 Å². The fourth-order valence-corrected chi connectivity index (χ4v) is 1.51. The van der Waals surface area contributed by atoms with Crippen molar-refractivity contribution in [2.24, 2.45) is 0 Å². The molecule has 0 saturated heterocycles. The fraction of sp³-hybridized carbons (Fsp3) is 0.500. The second kappa shape index (κ2) is 5.87. The number of benzene rings is 1. The molecule has 1 aromatic carbocycles. The van der Waals surface area contributed by atoms with Crippen LogP contribution in [0.3, 0.4) is 0 Å². The van der Waals surface area contributed by atoms with Crippen molar-refractivity contribution < 1.29 is 9.90 Å². The van der Waals surface area contributed by atoms with E-state index in [2.05, 4.69) is 10.6 Å². The molecule has 1 unspecified atom stereocenters. The zero-order valence-corrected chi connectivity index (χ0v) is 11.4. The highest BCUT2D eigenvalue weighted by Gasteiger charge is 2.18. The summed E-state index contributed by atoms with van der Waals surface area (Å²) in [6.07, 6.45) is 0. The predicted octanol–water partition coefficient (Wildman–Crippen LogP) is 1.78. The number of nitrogens with one attached hydrogen (secondary N) is 2. The van der Waals surface area contributed by atoms with Gasteiger partial charge < -0.3 is 15.7 Å². The monoisotopic (exact) mass is 250 g/mol. The van der Waals surface area contributed by atoms with Crippen LogP contribution < -0.4 is 10.6 Å². The van der Waals surface area contributed by atoms with Crippen LogP contribution in [-0.4, -0.2) is 22.6 Å². The minimum atomic E-state index is -0.272. The molecular formula is C14H22N2O2. The van der Waals surface area contributed by atoms with Crippen molar-refractivity contribution in [3.8, 4) is 5.75 Å². The molecule has 0 aliphatic rings. The minimum absolute atomic E-state index is 0.0253. The van der Waals surface area contributed by atoms with Gasteiger partial charge in [0.05, 0.1) is 6.04 Å². The average molecular weight is 250 g/mol. The van der Waals surface area contributed by atoms with Crippen LogP contribution >= 0.6 is 0 Å². The van der Waals surface area contributed by atoms with Crippen molar-refractivity contribution in [3.63, 3.8) is 0 Å². The Hall–Kier alpha value is -1.55. The van der Waals surface area contributed by atoms with Gasteiger partial charge in [-0.1, -0.05) is 12.1 Å². The second-order valence-electron chi connectivity index (χ2n) is 5.51. The molecule has 1 rings (SSSR count). The lowest BCUT2D eigenvalue weighted by atomic mass is 10.1. The molecule has 1 aromatic rings. The van der Waals surface area contributed by atoms with Crippen LogP contribution in [0.25, 0.3) is 0 Å². The van der Waals surface area contributed by atoms with Crippen molar-refractivity contribution in [1.29, 1.82) is 0 Å². The maximum Gasteiger partial charge on any atom is 0.237 e. The van der Waals surface area contributed by atoms with Gasteiger partial charge in [0.25, 0.3) is 0 Å². The minimum Gasteiger partial charge on any atom is -0.508 e. The maximum absolute atomic E-state index is 11.8. The first-order chi connectivity index (χ1) is 8.28. The van der Waals surface area contributed by atoms with Crippen LogP contribution in [0, 0.1) is 0 Å². The fourth-order valence-electron chi connectivity index (χ4n) is 1.51. The first-order valence-corrected chi connectivity index (χ1v) is 6.11. The Morgan fingerprint density at radius 3 is 2.61 bits per heavy atom. The number of phenols is 1. The number of phenolic OH excluding ortho intramolecular Hbond substituents is 1. The second-order valence-corrected chi connectivity index (χ2v) is 5.51. The molecule has 3 N–H and O–H groups in total. The third-order valence-electron chi connectivity index (χ3n) is 2.41. The van der Waals surface area contributed by atoms with Crippen molar-refractivity contribution in [2.45, 2.75) is 45.8 Å². The largest absolute Gasteiger partial charge is 0.508 e. The highest BCUT2D eigenvalue weighted by atomic mass is 16.3. The molecule has 1 amide bonds. The van der Waals surface area contributed by atoms with Gasteiger partial charge in [0, 0.05) is 12.1 Å². The van der Waals surface area contributed by atoms with Crippen molar-refractivity contribution >= 4 is 5.91 Å². The van der Waals surface area contributed by atoms with Crippen LogP contribution in [0.1, 0.15) is 33.3 Å². The van der Waals surface area contributed by atoms with Crippen LogP contribution in [0.15, 0.2) is 24.3 Å². The summed E-state index contributed by atoms with van der Waals surface area (Å²) in [6, 6.07) is 6.72. The van der Waals surface area contributed by atoms with E-state index in [0.717, 1.165) is 5.56 Å². The molecule has 0 bridgehead atoms. The van der Waals surface area contributed by atoms with Gasteiger partial charge in [-0.3, -0.25) is 4.79 Å². The van der Waals surface area contributed by atoms with Crippen LogP contribution in [-0.2, 0) is 11.3 Å². The number of carbonyl (C=O) groups is 1. The Labute approximate surface area is 108 Å². The van der Waals surface area contributed by atoms with Crippen LogP contribution in [0.5, 0.6) is 5.75 Å². The van der Waals surface area contributed by atoms with Gasteiger partial charge in [0.2, 0.25) is 5.91 Å². The van der Waals surface area contributed by atoms with Crippen molar-refractivity contribution in [3.05, 3.63) is 29.8 Å². The normalized spacial score (nSPS) is 13.1. The molecular weight excluding hydrogens is 228 g/mol. The summed E-state index contributed by atoms with van der Waals surface area (Å²) in [5.74, 6) is 0.212. The third-order valence-corrected chi connectivity index (χ3v) is 2.41. The lowest BCUT2D eigenvalue weighted by Gasteiger charge is -2.23. The zero-order chi connectivity index (χ0) is 13.8. The number of aromatic hydroxyl groups is 1. The van der Waals surface area contributed by atoms with E-state index in [9.17, 15) is 9.90 Å². The topological polar surface area (TPSA) is 61.4 Å². The zero-order valence-electron chi connectivity index (χ0n) is 11.4. The van der Waals surface area contributed by atoms with Crippen LogP contribution in [0.2, 0.25) is 0 Å². The molecule has 18 heavy (non-hydrogen) atoms. The molecule has 0 saturated carbocycles. The van der Waals surface area contributed by atoms with E-state index >= 15 is 0 Å². The van der Waals surface area contributed by atoms with Crippen molar-refractivity contribution in [2.75, 3.05) is 0 Å². The Bertz CT molecular complexity index is 411. The smallest absolute Gasteiger partial charge is 0.237 e. The summed E-state index contributed by atoms with van der Waals surface area (Å²) >= 11 is 0. The summed E-state index contributed by atoms with van der Waals surface area (Å²) in [5, 5.41) is 15.4. The summed E-state index contributed by atoms with van der Waals surface area (Å²) in [4.78, 5) is 11.8. The van der Waals surface area contributed by atoms with Gasteiger partial charge in [-0.15, -0.1) is 0 Å². The average Bonchev–Trinajstić information content (AvgIpc) is 2.23. The highest BCUT2D eigenvalue weighted by molar-refractivity contribution is 5.81. The summed E-state index contributed by atoms with van der Waals surface area (Å²) in [7, 11) is 0. The predicted molar refractivity (Wildman–Crippen MR) is 72.3 cm³/mol. The number of carbonyl (C=O) groups excluding carboxylic acids is 1. The van der Waals surface area contributed by atoms with Gasteiger partial charge in [0.1, 0.15) is 5.75 Å². The van der Waals surface area contributed by atoms with Crippen LogP contribution in [0.4, 0.5) is 0 Å². The molecule has 0 radical (unpaired) electrons. The van der Waals surface area contributed by atoms with Gasteiger partial charge in [0.15, 0.2) is 0 Å². The third kappa shape index (κ3) is 5.19. The molecule has 0 aliphatic carbocycles. The molecule has 0 spiro atoms. The molecule has 4 heteroatoms. The quantitative estimate of drug-likeness (QED) is 0.763. The van der Waals surface area contributed by atoms with E-state index in [-0.39, 0.29) is 23.2 Å². The van der Waals surface area contributed by atoms with E-state index < -0.39 is 0 Å². The number of amides is 1. The molecule has 0 heterocycles. The Kier molecular flexibility index (Phi) is 4.73. The summed E-state index contributed by atoms with van der Waals surface area (Å²) in [5.41, 5.74) is 0.725. The molecule has 0 aromatic heterocycles. The maximum atomic E-state index is 11.8. The SMILES string of the molecule is CC(NCc1cccc(O)c1)C(=O)NC(C)(C)C. The van der Waals surface area contributed by atoms with E-state index in [1.165, 1.54) is 0 Å². The molecule has 1 atom stereocenters. The van der Waals surface area contributed by atoms with Gasteiger partial charge in [-0.2, -0.15) is 0 Å². The Morgan fingerprint density at radius 1 is 1.39 bits per heavy atom. The first-order valence-electron chi connectivity index (χ1n) is 6.11. The standard InChI is InChI=1S/C14H22N2O2/c1-10(13(18)16-14(2,3)4)15-9-11-6-5-7-12(17)8-11/h5-8,10,15,17H,9H2,1-4H3,(H,16,18). The molecule has 0 aliphatic heterocycles. The number of rotatable bonds is 4. The van der Waals surface area contributed by atoms with Gasteiger partial charge >= 0.3 is 0 Å². The molecule has 0 fully saturated rings. The van der Waals surface area contributed by atoms with Gasteiger partial charge in [-0.25, -0.2) is 0 Å². The van der Waals surface area contributed by atoms with E-state index in [0.29, 0.717) is 6.54 Å². The summed E-state index contributed by atoms with van der Waals surface area (Å²) < 4.78 is 0. The Morgan fingerprint density at radius 2 is 2.06 bits per heavy atom. The number of hydrogen-bond acceptors (Lipinski definition) is 3. The van der Waals surface area contributed by atoms with E-state index in [1.807, 2.05) is 33.8 Å². The first kappa shape index (κ1) is 14.5.